The number of hydrogen-bond acceptors (Lipinski definition) is 3. The molecule has 0 amide bonds. The Hall–Kier alpha value is -2.41. The largest absolute Gasteiger partial charge is 0.456 e. The molecule has 1 unspecified atom stereocenters. The number of esters is 1. The van der Waals surface area contributed by atoms with Crippen molar-refractivity contribution in [3.63, 3.8) is 0 Å². The van der Waals surface area contributed by atoms with Gasteiger partial charge in [-0.25, -0.2) is 4.79 Å². The molecule has 38 heavy (non-hydrogen) atoms. The van der Waals surface area contributed by atoms with Crippen LogP contribution in [0.1, 0.15) is 59.8 Å². The summed E-state index contributed by atoms with van der Waals surface area (Å²) in [6.07, 6.45) is -5.12. The smallest absolute Gasteiger partial charge is 0.407 e. The molecule has 0 radical (unpaired) electrons. The van der Waals surface area contributed by atoms with Crippen LogP contribution < -0.4 is 0 Å². The van der Waals surface area contributed by atoms with Crippen LogP contribution in [0, 0.1) is 6.92 Å². The first-order valence-corrected chi connectivity index (χ1v) is 13.6. The van der Waals surface area contributed by atoms with E-state index in [0.717, 1.165) is 17.3 Å². The highest BCUT2D eigenvalue weighted by atomic mass is 35.5. The van der Waals surface area contributed by atoms with Crippen molar-refractivity contribution in [1.82, 2.24) is 0 Å². The molecule has 0 aliphatic rings. The predicted octanol–water partition coefficient (Wildman–Crippen LogP) is 10.1. The molecule has 0 fully saturated rings. The molecule has 0 saturated heterocycles. The maximum absolute atomic E-state index is 15.1. The van der Waals surface area contributed by atoms with Crippen molar-refractivity contribution >= 4 is 46.5 Å². The molecule has 2 nitrogen and oxygen atoms in total. The Balaban J connectivity index is 2.03. The normalized spacial score (nSPS) is 13.6. The van der Waals surface area contributed by atoms with Crippen LogP contribution in [0.4, 0.5) is 13.2 Å². The Labute approximate surface area is 236 Å². The van der Waals surface area contributed by atoms with Gasteiger partial charge in [0.25, 0.3) is 0 Å². The topological polar surface area (TPSA) is 26.3 Å². The zero-order chi connectivity index (χ0) is 28.3. The minimum absolute atomic E-state index is 0.0494. The average molecular weight is 582 g/mol. The Morgan fingerprint density at radius 1 is 0.947 bits per heavy atom. The third-order valence-electron chi connectivity index (χ3n) is 5.83. The lowest BCUT2D eigenvalue weighted by Crippen LogP contribution is -2.40. The number of hydrogen-bond donors (Lipinski definition) is 0. The first-order chi connectivity index (χ1) is 17.6. The molecule has 0 aliphatic heterocycles. The maximum atomic E-state index is 15.1. The minimum atomic E-state index is -4.67. The van der Waals surface area contributed by atoms with Gasteiger partial charge in [0.2, 0.25) is 0 Å². The lowest BCUT2D eigenvalue weighted by Gasteiger charge is -2.37. The van der Waals surface area contributed by atoms with Gasteiger partial charge < -0.3 is 4.74 Å². The number of benzene rings is 3. The van der Waals surface area contributed by atoms with Gasteiger partial charge in [0.05, 0.1) is 5.56 Å². The van der Waals surface area contributed by atoms with Gasteiger partial charge >= 0.3 is 12.1 Å². The van der Waals surface area contributed by atoms with E-state index in [4.69, 9.17) is 27.9 Å². The standard InChI is InChI=1S/C30H29Cl2F3O2S/c1-19-13-22(11-12-26(19)27(36)37-28(3,4)5)20(2)17-29(30(33,34)35,23-14-24(31)16-25(32)15-23)38-18-21-9-7-6-8-10-21/h6-16H,2,17-18H2,1,3-5H3. The summed E-state index contributed by atoms with van der Waals surface area (Å²) in [6.45, 7) is 11.0. The van der Waals surface area contributed by atoms with Crippen LogP contribution >= 0.6 is 35.0 Å². The minimum Gasteiger partial charge on any atom is -0.456 e. The Bertz CT molecular complexity index is 1300. The number of carbonyl (C=O) groups excluding carboxylic acids is 1. The van der Waals surface area contributed by atoms with Gasteiger partial charge in [-0.3, -0.25) is 0 Å². The van der Waals surface area contributed by atoms with E-state index in [1.165, 1.54) is 18.2 Å². The van der Waals surface area contributed by atoms with Crippen LogP contribution in [-0.4, -0.2) is 17.7 Å². The zero-order valence-corrected chi connectivity index (χ0v) is 23.9. The number of carbonyl (C=O) groups is 1. The van der Waals surface area contributed by atoms with Gasteiger partial charge in [-0.1, -0.05) is 72.2 Å². The summed E-state index contributed by atoms with van der Waals surface area (Å²) in [5, 5.41) is 0.231. The van der Waals surface area contributed by atoms with Gasteiger partial charge in [0.1, 0.15) is 10.3 Å². The number of ether oxygens (including phenoxy) is 1. The molecule has 0 aromatic heterocycles. The van der Waals surface area contributed by atoms with Gasteiger partial charge in [0.15, 0.2) is 0 Å². The second-order valence-corrected chi connectivity index (χ2v) is 12.2. The monoisotopic (exact) mass is 580 g/mol. The van der Waals surface area contributed by atoms with Crippen molar-refractivity contribution in [3.05, 3.63) is 111 Å². The first kappa shape index (κ1) is 30.1. The van der Waals surface area contributed by atoms with Crippen molar-refractivity contribution < 1.29 is 22.7 Å². The molecule has 202 valence electrons. The molecular formula is C30H29Cl2F3O2S. The van der Waals surface area contributed by atoms with E-state index in [9.17, 15) is 4.79 Å². The molecule has 3 rings (SSSR count). The summed E-state index contributed by atoms with van der Waals surface area (Å²) < 4.78 is 48.4. The van der Waals surface area contributed by atoms with Crippen molar-refractivity contribution in [2.24, 2.45) is 0 Å². The maximum Gasteiger partial charge on any atom is 0.407 e. The molecule has 0 aliphatic carbocycles. The van der Waals surface area contributed by atoms with E-state index in [0.29, 0.717) is 16.7 Å². The Kier molecular flexibility index (Phi) is 9.33. The molecule has 3 aromatic rings. The average Bonchev–Trinajstić information content (AvgIpc) is 2.79. The van der Waals surface area contributed by atoms with Gasteiger partial charge in [0, 0.05) is 22.2 Å². The fraction of sp³-hybridized carbons (Fsp3) is 0.300. The molecular weight excluding hydrogens is 552 g/mol. The van der Waals surface area contributed by atoms with E-state index in [1.807, 2.05) is 6.07 Å². The number of alkyl halides is 3. The van der Waals surface area contributed by atoms with Crippen molar-refractivity contribution in [1.29, 1.82) is 0 Å². The summed E-state index contributed by atoms with van der Waals surface area (Å²) in [5.74, 6) is -0.391. The molecule has 0 spiro atoms. The quantitative estimate of drug-likeness (QED) is 0.248. The second-order valence-electron chi connectivity index (χ2n) is 10.1. The van der Waals surface area contributed by atoms with E-state index in [2.05, 4.69) is 6.58 Å². The van der Waals surface area contributed by atoms with Crippen LogP contribution in [-0.2, 0) is 15.2 Å². The highest BCUT2D eigenvalue weighted by Gasteiger charge is 2.56. The predicted molar refractivity (Wildman–Crippen MR) is 152 cm³/mol. The summed E-state index contributed by atoms with van der Waals surface area (Å²) in [6, 6.07) is 17.8. The highest BCUT2D eigenvalue weighted by Crippen LogP contribution is 2.56. The Morgan fingerprint density at radius 2 is 1.55 bits per heavy atom. The number of aryl methyl sites for hydroxylation is 1. The van der Waals surface area contributed by atoms with Crippen molar-refractivity contribution in [2.75, 3.05) is 0 Å². The number of thioether (sulfide) groups is 1. The van der Waals surface area contributed by atoms with E-state index in [-0.39, 0.29) is 26.9 Å². The molecule has 0 bridgehead atoms. The van der Waals surface area contributed by atoms with Gasteiger partial charge in [-0.2, -0.15) is 13.2 Å². The fourth-order valence-corrected chi connectivity index (χ4v) is 5.85. The zero-order valence-electron chi connectivity index (χ0n) is 21.6. The van der Waals surface area contributed by atoms with Crippen molar-refractivity contribution in [2.45, 2.75) is 56.4 Å². The van der Waals surface area contributed by atoms with Crippen LogP contribution in [0.5, 0.6) is 0 Å². The second kappa shape index (κ2) is 11.8. The first-order valence-electron chi connectivity index (χ1n) is 11.8. The van der Waals surface area contributed by atoms with Crippen molar-refractivity contribution in [3.8, 4) is 0 Å². The van der Waals surface area contributed by atoms with Crippen LogP contribution in [0.2, 0.25) is 10.0 Å². The van der Waals surface area contributed by atoms with E-state index < -0.39 is 28.9 Å². The van der Waals surface area contributed by atoms with Crippen LogP contribution in [0.25, 0.3) is 5.57 Å². The summed E-state index contributed by atoms with van der Waals surface area (Å²) >= 11 is 13.1. The Morgan fingerprint density at radius 3 is 2.08 bits per heavy atom. The SMILES string of the molecule is C=C(CC(SCc1ccccc1)(c1cc(Cl)cc(Cl)c1)C(F)(F)F)c1ccc(C(=O)OC(C)(C)C)c(C)c1. The van der Waals surface area contributed by atoms with Crippen LogP contribution in [0.3, 0.4) is 0 Å². The summed E-state index contributed by atoms with van der Waals surface area (Å²) in [4.78, 5) is 12.6. The molecule has 3 aromatic carbocycles. The van der Waals surface area contributed by atoms with E-state index >= 15 is 13.2 Å². The number of allylic oxidation sites excluding steroid dienone is 1. The summed E-state index contributed by atoms with van der Waals surface area (Å²) in [7, 11) is 0. The molecule has 0 saturated carbocycles. The van der Waals surface area contributed by atoms with Gasteiger partial charge in [-0.15, -0.1) is 11.8 Å². The van der Waals surface area contributed by atoms with Crippen LogP contribution in [0.15, 0.2) is 73.3 Å². The molecule has 1 atom stereocenters. The number of rotatable bonds is 8. The lowest BCUT2D eigenvalue weighted by molar-refractivity contribution is -0.160. The molecule has 8 heteroatoms. The third kappa shape index (κ3) is 7.37. The summed E-state index contributed by atoms with van der Waals surface area (Å²) in [5.41, 5.74) is 1.72. The molecule has 0 heterocycles. The van der Waals surface area contributed by atoms with Gasteiger partial charge in [-0.05, 0) is 79.8 Å². The fourth-order valence-electron chi connectivity index (χ4n) is 4.00. The number of halogens is 5. The van der Waals surface area contributed by atoms with E-state index in [1.54, 1.807) is 70.2 Å². The highest BCUT2D eigenvalue weighted by molar-refractivity contribution is 7.99. The third-order valence-corrected chi connectivity index (χ3v) is 7.85. The lowest BCUT2D eigenvalue weighted by atomic mass is 9.87. The molecule has 0 N–H and O–H groups in total.